The molecule has 0 unspecified atom stereocenters. The summed E-state index contributed by atoms with van der Waals surface area (Å²) < 4.78 is 1.81. The maximum absolute atomic E-state index is 11.0. The highest BCUT2D eigenvalue weighted by Gasteiger charge is 2.09. The average molecular weight is 340 g/mol. The monoisotopic (exact) mass is 339 g/mol. The van der Waals surface area contributed by atoms with E-state index in [0.29, 0.717) is 11.3 Å². The van der Waals surface area contributed by atoms with Crippen molar-refractivity contribution in [3.05, 3.63) is 25.7 Å². The molecule has 0 aromatic heterocycles. The topological polar surface area (TPSA) is 43.1 Å². The molecule has 0 aliphatic carbocycles. The maximum atomic E-state index is 11.0. The summed E-state index contributed by atoms with van der Waals surface area (Å²) >= 11 is 5.47. The molecule has 0 saturated carbocycles. The van der Waals surface area contributed by atoms with Crippen molar-refractivity contribution in [1.82, 2.24) is 0 Å². The second kappa shape index (κ2) is 3.74. The smallest absolute Gasteiger partial charge is 0.161 e. The first-order valence-corrected chi connectivity index (χ1v) is 5.15. The zero-order valence-corrected chi connectivity index (χ0v) is 10.1. The van der Waals surface area contributed by atoms with Gasteiger partial charge in [-0.25, -0.2) is 0 Å². The normalized spacial score (nSPS) is 9.92. The van der Waals surface area contributed by atoms with Gasteiger partial charge in [-0.15, -0.1) is 0 Å². The van der Waals surface area contributed by atoms with Crippen molar-refractivity contribution in [1.29, 1.82) is 0 Å². The first-order chi connectivity index (χ1) is 5.54. The number of hydrogen-bond donors (Lipinski definition) is 1. The van der Waals surface area contributed by atoms with Crippen molar-refractivity contribution in [2.75, 3.05) is 5.73 Å². The predicted octanol–water partition coefficient (Wildman–Crippen LogP) is 2.84. The Morgan fingerprint density at radius 3 is 2.67 bits per heavy atom. The van der Waals surface area contributed by atoms with E-state index in [0.717, 1.165) is 8.04 Å². The van der Waals surface area contributed by atoms with Crippen molar-refractivity contribution >= 4 is 50.0 Å². The van der Waals surface area contributed by atoms with Gasteiger partial charge in [0.2, 0.25) is 0 Å². The predicted molar refractivity (Wildman–Crippen MR) is 61.3 cm³/mol. The molecule has 2 nitrogen and oxygen atoms in total. The van der Waals surface area contributed by atoms with Crippen LogP contribution in [-0.2, 0) is 0 Å². The van der Waals surface area contributed by atoms with Crippen LogP contribution in [-0.4, -0.2) is 5.78 Å². The molecule has 1 aromatic carbocycles. The first kappa shape index (κ1) is 9.98. The van der Waals surface area contributed by atoms with Gasteiger partial charge in [-0.2, -0.15) is 0 Å². The van der Waals surface area contributed by atoms with E-state index in [1.54, 1.807) is 6.07 Å². The Balaban J connectivity index is 3.36. The molecular formula is C8H7BrINO. The summed E-state index contributed by atoms with van der Waals surface area (Å²) in [4.78, 5) is 11.0. The Hall–Kier alpha value is -0.100. The number of anilines is 1. The summed E-state index contributed by atoms with van der Waals surface area (Å²) in [6, 6.07) is 3.60. The lowest BCUT2D eigenvalue weighted by atomic mass is 10.1. The van der Waals surface area contributed by atoms with Crippen LogP contribution < -0.4 is 5.73 Å². The van der Waals surface area contributed by atoms with E-state index < -0.39 is 0 Å². The lowest BCUT2D eigenvalue weighted by Gasteiger charge is -2.05. The van der Waals surface area contributed by atoms with Crippen LogP contribution in [0.15, 0.2) is 16.6 Å². The average Bonchev–Trinajstić information content (AvgIpc) is 2.00. The second-order valence-corrected chi connectivity index (χ2v) is 4.33. The van der Waals surface area contributed by atoms with Crippen LogP contribution in [0.25, 0.3) is 0 Å². The minimum Gasteiger partial charge on any atom is -0.397 e. The van der Waals surface area contributed by atoms with E-state index in [4.69, 9.17) is 5.73 Å². The molecule has 0 amide bonds. The van der Waals surface area contributed by atoms with Crippen molar-refractivity contribution < 1.29 is 4.79 Å². The van der Waals surface area contributed by atoms with E-state index in [9.17, 15) is 4.79 Å². The molecule has 0 heterocycles. The molecule has 0 aliphatic heterocycles. The molecule has 0 fully saturated rings. The molecule has 0 atom stereocenters. The third-order valence-corrected chi connectivity index (χ3v) is 4.01. The number of nitrogens with two attached hydrogens (primary N) is 1. The molecule has 0 saturated heterocycles. The van der Waals surface area contributed by atoms with Crippen molar-refractivity contribution in [2.24, 2.45) is 0 Å². The van der Waals surface area contributed by atoms with Gasteiger partial charge in [0.05, 0.1) is 10.2 Å². The quantitative estimate of drug-likeness (QED) is 0.485. The standard InChI is InChI=1S/C8H7BrINO/c1-4(12)5-2-3-6(10)7(9)8(5)11/h2-3H,11H2,1H3. The van der Waals surface area contributed by atoms with Gasteiger partial charge in [0.25, 0.3) is 0 Å². The van der Waals surface area contributed by atoms with Crippen molar-refractivity contribution in [3.8, 4) is 0 Å². The molecule has 1 rings (SSSR count). The number of hydrogen-bond acceptors (Lipinski definition) is 2. The van der Waals surface area contributed by atoms with Gasteiger partial charge < -0.3 is 5.73 Å². The zero-order chi connectivity index (χ0) is 9.30. The summed E-state index contributed by atoms with van der Waals surface area (Å²) in [6.07, 6.45) is 0. The van der Waals surface area contributed by atoms with Gasteiger partial charge in [0.15, 0.2) is 5.78 Å². The number of ketones is 1. The van der Waals surface area contributed by atoms with E-state index in [2.05, 4.69) is 38.5 Å². The van der Waals surface area contributed by atoms with Gasteiger partial charge in [-0.05, 0) is 57.6 Å². The summed E-state index contributed by atoms with van der Waals surface area (Å²) in [7, 11) is 0. The van der Waals surface area contributed by atoms with Gasteiger partial charge in [-0.3, -0.25) is 4.79 Å². The number of rotatable bonds is 1. The Labute approximate surface area is 92.8 Å². The van der Waals surface area contributed by atoms with Crippen LogP contribution in [0.2, 0.25) is 0 Å². The minimum absolute atomic E-state index is 0.00963. The number of Topliss-reactive ketones (excluding diaryl/α,β-unsaturated/α-hetero) is 1. The molecule has 4 heteroatoms. The molecule has 1 aromatic rings. The Morgan fingerprint density at radius 1 is 1.58 bits per heavy atom. The molecule has 0 aliphatic rings. The molecule has 0 bridgehead atoms. The first-order valence-electron chi connectivity index (χ1n) is 3.28. The number of nitrogen functional groups attached to an aromatic ring is 1. The molecule has 0 radical (unpaired) electrons. The largest absolute Gasteiger partial charge is 0.397 e. The van der Waals surface area contributed by atoms with Gasteiger partial charge >= 0.3 is 0 Å². The third-order valence-electron chi connectivity index (χ3n) is 1.51. The lowest BCUT2D eigenvalue weighted by Crippen LogP contribution is -2.01. The fraction of sp³-hybridized carbons (Fsp3) is 0.125. The number of carbonyl (C=O) groups is 1. The van der Waals surface area contributed by atoms with Crippen molar-refractivity contribution in [3.63, 3.8) is 0 Å². The highest BCUT2D eigenvalue weighted by molar-refractivity contribution is 14.1. The van der Waals surface area contributed by atoms with E-state index in [-0.39, 0.29) is 5.78 Å². The van der Waals surface area contributed by atoms with Gasteiger partial charge in [-0.1, -0.05) is 0 Å². The summed E-state index contributed by atoms with van der Waals surface area (Å²) in [5.74, 6) is -0.00963. The molecule has 64 valence electrons. The SMILES string of the molecule is CC(=O)c1ccc(I)c(Br)c1N. The highest BCUT2D eigenvalue weighted by Crippen LogP contribution is 2.28. The molecule has 0 spiro atoms. The van der Waals surface area contributed by atoms with Crippen LogP contribution in [0.5, 0.6) is 0 Å². The third kappa shape index (κ3) is 1.80. The Kier molecular flexibility index (Phi) is 3.11. The van der Waals surface area contributed by atoms with Crippen LogP contribution in [0.1, 0.15) is 17.3 Å². The summed E-state index contributed by atoms with van der Waals surface area (Å²) in [5.41, 5.74) is 6.81. The van der Waals surface area contributed by atoms with E-state index >= 15 is 0 Å². The van der Waals surface area contributed by atoms with Gasteiger partial charge in [0.1, 0.15) is 0 Å². The number of carbonyl (C=O) groups excluding carboxylic acids is 1. The molecular weight excluding hydrogens is 333 g/mol. The number of halogens is 2. The second-order valence-electron chi connectivity index (χ2n) is 2.38. The van der Waals surface area contributed by atoms with Crippen LogP contribution in [0.4, 0.5) is 5.69 Å². The highest BCUT2D eigenvalue weighted by atomic mass is 127. The van der Waals surface area contributed by atoms with Crippen molar-refractivity contribution in [2.45, 2.75) is 6.92 Å². The lowest BCUT2D eigenvalue weighted by molar-refractivity contribution is 0.101. The van der Waals surface area contributed by atoms with E-state index in [1.807, 2.05) is 6.07 Å². The summed E-state index contributed by atoms with van der Waals surface area (Å²) in [6.45, 7) is 1.50. The fourth-order valence-corrected chi connectivity index (χ4v) is 1.69. The Bertz CT molecular complexity index is 338. The molecule has 12 heavy (non-hydrogen) atoms. The zero-order valence-electron chi connectivity index (χ0n) is 6.40. The Morgan fingerprint density at radius 2 is 2.17 bits per heavy atom. The fourth-order valence-electron chi connectivity index (χ4n) is 0.873. The van der Waals surface area contributed by atoms with E-state index in [1.165, 1.54) is 6.92 Å². The van der Waals surface area contributed by atoms with Crippen LogP contribution in [0.3, 0.4) is 0 Å². The molecule has 2 N–H and O–H groups in total. The minimum atomic E-state index is -0.00963. The van der Waals surface area contributed by atoms with Crippen LogP contribution in [0, 0.1) is 3.57 Å². The summed E-state index contributed by atoms with van der Waals surface area (Å²) in [5, 5.41) is 0. The number of benzene rings is 1. The van der Waals surface area contributed by atoms with Crippen LogP contribution >= 0.6 is 38.5 Å². The maximum Gasteiger partial charge on any atom is 0.161 e. The van der Waals surface area contributed by atoms with Gasteiger partial charge in [0, 0.05) is 9.13 Å².